The summed E-state index contributed by atoms with van der Waals surface area (Å²) in [7, 11) is 0. The van der Waals surface area contributed by atoms with Crippen LogP contribution in [0.25, 0.3) is 0 Å². The fraction of sp³-hybridized carbons (Fsp3) is 0.133. The number of hydrogen-bond donors (Lipinski definition) is 1. The van der Waals surface area contributed by atoms with Crippen LogP contribution in [0.15, 0.2) is 42.5 Å². The minimum absolute atomic E-state index is 0.552. The van der Waals surface area contributed by atoms with E-state index in [4.69, 9.17) is 47.0 Å². The number of rotatable bonds is 4. The minimum atomic E-state index is 0.552. The van der Waals surface area contributed by atoms with Gasteiger partial charge in [0, 0.05) is 17.3 Å². The van der Waals surface area contributed by atoms with Crippen LogP contribution in [0.1, 0.15) is 11.1 Å². The molecule has 0 aromatic heterocycles. The van der Waals surface area contributed by atoms with Crippen molar-refractivity contribution in [1.82, 2.24) is 5.32 Å². The van der Waals surface area contributed by atoms with E-state index in [1.54, 1.807) is 17.8 Å². The maximum Gasteiger partial charge on any atom is 0.134 e. The molecule has 2 aromatic rings. The van der Waals surface area contributed by atoms with E-state index in [-0.39, 0.29) is 0 Å². The van der Waals surface area contributed by atoms with E-state index in [9.17, 15) is 0 Å². The zero-order chi connectivity index (χ0) is 15.2. The fourth-order valence-corrected chi connectivity index (χ4v) is 2.96. The van der Waals surface area contributed by atoms with Crippen LogP contribution in [-0.2, 0) is 12.3 Å². The third-order valence-electron chi connectivity index (χ3n) is 2.70. The number of thioether (sulfide) groups is 1. The highest BCUT2D eigenvalue weighted by atomic mass is 35.5. The molecular weight excluding hydrogens is 365 g/mol. The molecule has 0 amide bonds. The highest BCUT2D eigenvalue weighted by Crippen LogP contribution is 2.22. The van der Waals surface area contributed by atoms with Crippen molar-refractivity contribution in [3.05, 3.63) is 68.7 Å². The molecule has 0 spiro atoms. The molecule has 0 heterocycles. The van der Waals surface area contributed by atoms with Crippen molar-refractivity contribution in [3.63, 3.8) is 0 Å². The smallest absolute Gasteiger partial charge is 0.134 e. The molecular formula is C15H12Cl3NS2. The third-order valence-corrected chi connectivity index (χ3v) is 5.08. The van der Waals surface area contributed by atoms with Crippen molar-refractivity contribution in [3.8, 4) is 0 Å². The molecule has 6 heteroatoms. The molecule has 0 fully saturated rings. The quantitative estimate of drug-likeness (QED) is 0.662. The normalized spacial score (nSPS) is 10.4. The Hall–Kier alpha value is -0.450. The summed E-state index contributed by atoms with van der Waals surface area (Å²) in [5, 5.41) is 5.04. The lowest BCUT2D eigenvalue weighted by Crippen LogP contribution is -2.17. The van der Waals surface area contributed by atoms with Gasteiger partial charge in [-0.3, -0.25) is 0 Å². The molecule has 0 aliphatic heterocycles. The van der Waals surface area contributed by atoms with E-state index in [2.05, 4.69) is 5.32 Å². The Balaban J connectivity index is 1.79. The molecule has 21 heavy (non-hydrogen) atoms. The number of nitrogens with one attached hydrogen (secondary N) is 1. The summed E-state index contributed by atoms with van der Waals surface area (Å²) in [4.78, 5) is 0. The summed E-state index contributed by atoms with van der Waals surface area (Å²) < 4.78 is 0.746. The van der Waals surface area contributed by atoms with Gasteiger partial charge in [-0.1, -0.05) is 77.0 Å². The van der Waals surface area contributed by atoms with E-state index >= 15 is 0 Å². The zero-order valence-electron chi connectivity index (χ0n) is 10.9. The van der Waals surface area contributed by atoms with Crippen molar-refractivity contribution in [2.45, 2.75) is 12.3 Å². The molecule has 0 aliphatic rings. The van der Waals surface area contributed by atoms with Gasteiger partial charge in [0.05, 0.1) is 10.0 Å². The lowest BCUT2D eigenvalue weighted by atomic mass is 10.2. The Morgan fingerprint density at radius 3 is 2.29 bits per heavy atom. The summed E-state index contributed by atoms with van der Waals surface area (Å²) in [6.07, 6.45) is 0. The Kier molecular flexibility index (Phi) is 6.65. The SMILES string of the molecule is S=C(NCc1ccc(Cl)c(Cl)c1)SCc1ccc(Cl)cc1. The zero-order valence-corrected chi connectivity index (χ0v) is 14.8. The fourth-order valence-electron chi connectivity index (χ4n) is 1.60. The molecule has 1 nitrogen and oxygen atoms in total. The van der Waals surface area contributed by atoms with Gasteiger partial charge in [-0.05, 0) is 35.4 Å². The van der Waals surface area contributed by atoms with E-state index < -0.39 is 0 Å². The first kappa shape index (κ1) is 16.9. The number of hydrogen-bond acceptors (Lipinski definition) is 2. The van der Waals surface area contributed by atoms with Crippen molar-refractivity contribution in [2.75, 3.05) is 0 Å². The predicted molar refractivity (Wildman–Crippen MR) is 98.6 cm³/mol. The lowest BCUT2D eigenvalue weighted by Gasteiger charge is -2.08. The molecule has 0 saturated heterocycles. The monoisotopic (exact) mass is 375 g/mol. The van der Waals surface area contributed by atoms with Crippen LogP contribution < -0.4 is 5.32 Å². The number of benzene rings is 2. The van der Waals surface area contributed by atoms with Gasteiger partial charge in [0.1, 0.15) is 4.32 Å². The van der Waals surface area contributed by atoms with Gasteiger partial charge in [-0.25, -0.2) is 0 Å². The Labute approximate surface area is 149 Å². The summed E-state index contributed by atoms with van der Waals surface area (Å²) in [6, 6.07) is 13.3. The number of halogens is 3. The Morgan fingerprint density at radius 1 is 0.952 bits per heavy atom. The molecule has 0 atom stereocenters. The van der Waals surface area contributed by atoms with Gasteiger partial charge in [0.15, 0.2) is 0 Å². The van der Waals surface area contributed by atoms with Crippen molar-refractivity contribution in [2.24, 2.45) is 0 Å². The van der Waals surface area contributed by atoms with Gasteiger partial charge in [-0.2, -0.15) is 0 Å². The van der Waals surface area contributed by atoms with Crippen LogP contribution in [-0.4, -0.2) is 4.32 Å². The van der Waals surface area contributed by atoms with Crippen LogP contribution in [0.5, 0.6) is 0 Å². The van der Waals surface area contributed by atoms with Crippen LogP contribution >= 0.6 is 58.8 Å². The van der Waals surface area contributed by atoms with Crippen LogP contribution in [0, 0.1) is 0 Å². The van der Waals surface area contributed by atoms with Gasteiger partial charge >= 0.3 is 0 Å². The molecule has 2 rings (SSSR count). The first-order valence-corrected chi connectivity index (χ1v) is 8.66. The second-order valence-corrected chi connectivity index (χ2v) is 7.21. The molecule has 1 N–H and O–H groups in total. The minimum Gasteiger partial charge on any atom is -0.367 e. The van der Waals surface area contributed by atoms with E-state index in [1.165, 1.54) is 5.56 Å². The highest BCUT2D eigenvalue weighted by molar-refractivity contribution is 8.22. The Morgan fingerprint density at radius 2 is 1.62 bits per heavy atom. The topological polar surface area (TPSA) is 12.0 Å². The van der Waals surface area contributed by atoms with Gasteiger partial charge in [-0.15, -0.1) is 0 Å². The molecule has 110 valence electrons. The van der Waals surface area contributed by atoms with Crippen LogP contribution in [0.2, 0.25) is 15.1 Å². The van der Waals surface area contributed by atoms with Gasteiger partial charge in [0.25, 0.3) is 0 Å². The van der Waals surface area contributed by atoms with Crippen LogP contribution in [0.3, 0.4) is 0 Å². The standard InChI is InChI=1S/C15H12Cl3NS2/c16-12-4-1-10(2-5-12)9-21-15(20)19-8-11-3-6-13(17)14(18)7-11/h1-7H,8-9H2,(H,19,20). The summed E-state index contributed by atoms with van der Waals surface area (Å²) in [6.45, 7) is 0.628. The van der Waals surface area contributed by atoms with Crippen LogP contribution in [0.4, 0.5) is 0 Å². The largest absolute Gasteiger partial charge is 0.367 e. The van der Waals surface area contributed by atoms with E-state index in [1.807, 2.05) is 36.4 Å². The average molecular weight is 377 g/mol. The van der Waals surface area contributed by atoms with E-state index in [0.717, 1.165) is 20.7 Å². The summed E-state index contributed by atoms with van der Waals surface area (Å²) in [5.74, 6) is 0.810. The van der Waals surface area contributed by atoms with Crippen molar-refractivity contribution in [1.29, 1.82) is 0 Å². The second kappa shape index (κ2) is 8.25. The lowest BCUT2D eigenvalue weighted by molar-refractivity contribution is 0.940. The maximum atomic E-state index is 5.97. The molecule has 2 aromatic carbocycles. The van der Waals surface area contributed by atoms with Gasteiger partial charge in [0.2, 0.25) is 0 Å². The first-order chi connectivity index (χ1) is 10.0. The maximum absolute atomic E-state index is 5.97. The van der Waals surface area contributed by atoms with Gasteiger partial charge < -0.3 is 5.32 Å². The molecule has 0 unspecified atom stereocenters. The molecule has 0 radical (unpaired) electrons. The summed E-state index contributed by atoms with van der Waals surface area (Å²) >= 11 is 24.6. The Bertz CT molecular complexity index is 629. The molecule has 0 aliphatic carbocycles. The average Bonchev–Trinajstić information content (AvgIpc) is 2.48. The van der Waals surface area contributed by atoms with E-state index in [0.29, 0.717) is 16.6 Å². The van der Waals surface area contributed by atoms with Crippen molar-refractivity contribution < 1.29 is 0 Å². The first-order valence-electron chi connectivity index (χ1n) is 6.13. The second-order valence-electron chi connectivity index (χ2n) is 4.30. The molecule has 0 bridgehead atoms. The third kappa shape index (κ3) is 5.68. The highest BCUT2D eigenvalue weighted by Gasteiger charge is 2.02. The predicted octanol–water partition coefficient (Wildman–Crippen LogP) is 5.95. The summed E-state index contributed by atoms with van der Waals surface area (Å²) in [5.41, 5.74) is 2.22. The molecule has 0 saturated carbocycles. The van der Waals surface area contributed by atoms with Crippen molar-refractivity contribution >= 4 is 63.1 Å². The number of thiocarbonyl (C=S) groups is 1.